The molecule has 0 saturated carbocycles. The Bertz CT molecular complexity index is 689. The minimum atomic E-state index is 0. The van der Waals surface area contributed by atoms with Crippen molar-refractivity contribution in [2.24, 2.45) is 5.92 Å². The molecule has 152 valence electrons. The Labute approximate surface area is 176 Å². The number of aromatic nitrogens is 2. The van der Waals surface area contributed by atoms with Crippen LogP contribution in [0.4, 0.5) is 0 Å². The largest absolute Gasteiger partial charge is 0.340 e. The molecule has 0 aromatic carbocycles. The number of carbonyl (C=O) groups is 1. The lowest BCUT2D eigenvalue weighted by Crippen LogP contribution is -2.51. The predicted octanol–water partition coefficient (Wildman–Crippen LogP) is 2.70. The van der Waals surface area contributed by atoms with Crippen LogP contribution in [0.3, 0.4) is 0 Å². The lowest BCUT2D eigenvalue weighted by Gasteiger charge is -2.37. The SMILES string of the molecule is CNCC(C)C(=O)N1CCN(C(C)c2nc(-c3cccs3)no2)CC1.Cl.Cl. The van der Waals surface area contributed by atoms with Gasteiger partial charge in [-0.3, -0.25) is 9.69 Å². The number of nitrogens with one attached hydrogen (secondary N) is 1. The highest BCUT2D eigenvalue weighted by Crippen LogP contribution is 2.26. The average Bonchev–Trinajstić information content (AvgIpc) is 3.32. The summed E-state index contributed by atoms with van der Waals surface area (Å²) in [5.41, 5.74) is 0. The minimum Gasteiger partial charge on any atom is -0.340 e. The maximum absolute atomic E-state index is 12.4. The van der Waals surface area contributed by atoms with Gasteiger partial charge in [0.15, 0.2) is 0 Å². The Hall–Kier alpha value is -1.19. The summed E-state index contributed by atoms with van der Waals surface area (Å²) in [5, 5.41) is 9.15. The number of hydrogen-bond acceptors (Lipinski definition) is 7. The lowest BCUT2D eigenvalue weighted by molar-refractivity contribution is -0.137. The van der Waals surface area contributed by atoms with Gasteiger partial charge in [-0.15, -0.1) is 36.2 Å². The molecule has 7 nitrogen and oxygen atoms in total. The molecule has 1 N–H and O–H groups in total. The fraction of sp³-hybridized carbons (Fsp3) is 0.588. The van der Waals surface area contributed by atoms with Crippen molar-refractivity contribution in [3.63, 3.8) is 0 Å². The summed E-state index contributed by atoms with van der Waals surface area (Å²) in [7, 11) is 1.87. The average molecular weight is 436 g/mol. The van der Waals surface area contributed by atoms with Crippen molar-refractivity contribution in [2.45, 2.75) is 19.9 Å². The molecule has 1 aliphatic heterocycles. The molecule has 1 aliphatic rings. The zero-order valence-electron chi connectivity index (χ0n) is 15.8. The van der Waals surface area contributed by atoms with Gasteiger partial charge in [-0.1, -0.05) is 18.1 Å². The van der Waals surface area contributed by atoms with Crippen LogP contribution >= 0.6 is 36.2 Å². The van der Waals surface area contributed by atoms with Crippen molar-refractivity contribution in [3.8, 4) is 10.7 Å². The van der Waals surface area contributed by atoms with Gasteiger partial charge in [-0.25, -0.2) is 0 Å². The van der Waals surface area contributed by atoms with Gasteiger partial charge in [0, 0.05) is 38.6 Å². The maximum Gasteiger partial charge on any atom is 0.244 e. The third-order valence-electron chi connectivity index (χ3n) is 4.65. The number of rotatable bonds is 6. The van der Waals surface area contributed by atoms with E-state index in [0.717, 1.165) is 31.1 Å². The molecule has 10 heteroatoms. The van der Waals surface area contributed by atoms with E-state index in [9.17, 15) is 4.79 Å². The third kappa shape index (κ3) is 5.65. The summed E-state index contributed by atoms with van der Waals surface area (Å²) >= 11 is 1.60. The van der Waals surface area contributed by atoms with E-state index in [0.29, 0.717) is 18.3 Å². The van der Waals surface area contributed by atoms with Gasteiger partial charge < -0.3 is 14.7 Å². The summed E-state index contributed by atoms with van der Waals surface area (Å²) < 4.78 is 5.46. The van der Waals surface area contributed by atoms with E-state index in [2.05, 4.69) is 27.3 Å². The van der Waals surface area contributed by atoms with Crippen LogP contribution in [-0.4, -0.2) is 65.6 Å². The van der Waals surface area contributed by atoms with Gasteiger partial charge in [-0.2, -0.15) is 4.98 Å². The summed E-state index contributed by atoms with van der Waals surface area (Å²) in [6.45, 7) is 7.87. The van der Waals surface area contributed by atoms with E-state index in [1.165, 1.54) is 0 Å². The van der Waals surface area contributed by atoms with Crippen LogP contribution in [0, 0.1) is 5.92 Å². The van der Waals surface area contributed by atoms with Crippen molar-refractivity contribution in [1.29, 1.82) is 0 Å². The second-order valence-electron chi connectivity index (χ2n) is 6.43. The number of halogens is 2. The first-order valence-corrected chi connectivity index (χ1v) is 9.53. The second kappa shape index (κ2) is 11.0. The van der Waals surface area contributed by atoms with Crippen molar-refractivity contribution in [2.75, 3.05) is 39.8 Å². The molecule has 2 aromatic rings. The van der Waals surface area contributed by atoms with E-state index < -0.39 is 0 Å². The molecule has 2 unspecified atom stereocenters. The first-order chi connectivity index (χ1) is 12.1. The van der Waals surface area contributed by atoms with Crippen LogP contribution in [0.15, 0.2) is 22.0 Å². The van der Waals surface area contributed by atoms with Crippen LogP contribution in [0.25, 0.3) is 10.7 Å². The highest BCUT2D eigenvalue weighted by atomic mass is 35.5. The number of piperazine rings is 1. The fourth-order valence-electron chi connectivity index (χ4n) is 3.10. The number of hydrogen-bond donors (Lipinski definition) is 1. The van der Waals surface area contributed by atoms with Crippen molar-refractivity contribution < 1.29 is 9.32 Å². The molecule has 2 atom stereocenters. The van der Waals surface area contributed by atoms with E-state index >= 15 is 0 Å². The Balaban J connectivity index is 0.00000182. The topological polar surface area (TPSA) is 74.5 Å². The molecule has 3 heterocycles. The van der Waals surface area contributed by atoms with Gasteiger partial charge in [0.2, 0.25) is 17.6 Å². The van der Waals surface area contributed by atoms with E-state index in [1.807, 2.05) is 36.4 Å². The molecule has 1 amide bonds. The van der Waals surface area contributed by atoms with Crippen LogP contribution in [0.1, 0.15) is 25.8 Å². The number of nitrogens with zero attached hydrogens (tertiary/aromatic N) is 4. The van der Waals surface area contributed by atoms with Crippen molar-refractivity contribution in [1.82, 2.24) is 25.3 Å². The first kappa shape index (κ1) is 23.8. The quantitative estimate of drug-likeness (QED) is 0.751. The predicted molar refractivity (Wildman–Crippen MR) is 112 cm³/mol. The molecule has 0 bridgehead atoms. The van der Waals surface area contributed by atoms with E-state index in [1.54, 1.807) is 11.3 Å². The third-order valence-corrected chi connectivity index (χ3v) is 5.51. The Kier molecular flexibility index (Phi) is 9.69. The van der Waals surface area contributed by atoms with Gasteiger partial charge in [-0.05, 0) is 25.4 Å². The highest BCUT2D eigenvalue weighted by molar-refractivity contribution is 7.13. The fourth-order valence-corrected chi connectivity index (χ4v) is 3.75. The molecule has 27 heavy (non-hydrogen) atoms. The molecule has 0 aliphatic carbocycles. The molecular weight excluding hydrogens is 409 g/mol. The van der Waals surface area contributed by atoms with Crippen LogP contribution in [0.5, 0.6) is 0 Å². The summed E-state index contributed by atoms with van der Waals surface area (Å²) in [5.74, 6) is 1.51. The van der Waals surface area contributed by atoms with E-state index in [4.69, 9.17) is 4.52 Å². The van der Waals surface area contributed by atoms with Crippen molar-refractivity contribution in [3.05, 3.63) is 23.4 Å². The van der Waals surface area contributed by atoms with Gasteiger partial charge in [0.25, 0.3) is 0 Å². The minimum absolute atomic E-state index is 0. The van der Waals surface area contributed by atoms with Gasteiger partial charge in [0.05, 0.1) is 10.9 Å². The Morgan fingerprint density at radius 2 is 2.00 bits per heavy atom. The smallest absolute Gasteiger partial charge is 0.244 e. The Morgan fingerprint density at radius 1 is 1.30 bits per heavy atom. The molecular formula is C17H27Cl2N5O2S. The molecule has 0 spiro atoms. The van der Waals surface area contributed by atoms with Crippen LogP contribution < -0.4 is 5.32 Å². The zero-order valence-corrected chi connectivity index (χ0v) is 18.2. The summed E-state index contributed by atoms with van der Waals surface area (Å²) in [6, 6.07) is 4.01. The standard InChI is InChI=1S/C17H25N5O2S.2ClH/c1-12(11-18-3)17(23)22-8-6-21(7-9-22)13(2)16-19-15(20-24-16)14-5-4-10-25-14;;/h4-5,10,12-13,18H,6-9,11H2,1-3H3;2*1H. The molecule has 3 rings (SSSR count). The summed E-state index contributed by atoms with van der Waals surface area (Å²) in [6.07, 6.45) is 0. The normalized spacial score (nSPS) is 16.9. The lowest BCUT2D eigenvalue weighted by atomic mass is 10.1. The molecule has 2 aromatic heterocycles. The first-order valence-electron chi connectivity index (χ1n) is 8.65. The van der Waals surface area contributed by atoms with E-state index in [-0.39, 0.29) is 42.7 Å². The zero-order chi connectivity index (χ0) is 17.8. The Morgan fingerprint density at radius 3 is 2.59 bits per heavy atom. The number of thiophene rings is 1. The monoisotopic (exact) mass is 435 g/mol. The number of carbonyl (C=O) groups excluding carboxylic acids is 1. The van der Waals surface area contributed by atoms with Gasteiger partial charge >= 0.3 is 0 Å². The van der Waals surface area contributed by atoms with Gasteiger partial charge in [0.1, 0.15) is 0 Å². The molecule has 1 saturated heterocycles. The van der Waals surface area contributed by atoms with Crippen molar-refractivity contribution >= 4 is 42.1 Å². The molecule has 0 radical (unpaired) electrons. The molecule has 1 fully saturated rings. The summed E-state index contributed by atoms with van der Waals surface area (Å²) in [4.78, 5) is 22.2. The van der Waals surface area contributed by atoms with Crippen LogP contribution in [-0.2, 0) is 4.79 Å². The van der Waals surface area contributed by atoms with Crippen LogP contribution in [0.2, 0.25) is 0 Å². The highest BCUT2D eigenvalue weighted by Gasteiger charge is 2.29. The number of amides is 1. The second-order valence-corrected chi connectivity index (χ2v) is 7.38. The maximum atomic E-state index is 12.4.